The van der Waals surface area contributed by atoms with Crippen molar-refractivity contribution in [2.24, 2.45) is 0 Å². The van der Waals surface area contributed by atoms with Crippen LogP contribution in [0.3, 0.4) is 0 Å². The van der Waals surface area contributed by atoms with Gasteiger partial charge in [-0.05, 0) is 23.2 Å². The van der Waals surface area contributed by atoms with Gasteiger partial charge in [0.05, 0.1) is 4.90 Å². The van der Waals surface area contributed by atoms with Crippen LogP contribution in [0.2, 0.25) is 0 Å². The summed E-state index contributed by atoms with van der Waals surface area (Å²) in [6.07, 6.45) is 0. The second-order valence-electron chi connectivity index (χ2n) is 2.39. The molecule has 1 rings (SSSR count). The fourth-order valence-corrected chi connectivity index (χ4v) is 2.45. The first kappa shape index (κ1) is 11.1. The van der Waals surface area contributed by atoms with E-state index in [0.29, 0.717) is 10.8 Å². The van der Waals surface area contributed by atoms with Gasteiger partial charge in [-0.1, -0.05) is 18.2 Å². The topological polar surface area (TPSA) is 74.3 Å². The average molecular weight is 231 g/mol. The van der Waals surface area contributed by atoms with Crippen LogP contribution in [0.15, 0.2) is 46.0 Å². The molecule has 1 aromatic rings. The number of benzene rings is 1. The maximum atomic E-state index is 11.4. The standard InChI is InChI=1S/C8H8O4S2/c9-13(10)6-7-14(11,12)8-4-2-1-3-5-8/h1-7H,(H,9,10)/p-1/b7-6+. The van der Waals surface area contributed by atoms with E-state index in [1.807, 2.05) is 0 Å². The van der Waals surface area contributed by atoms with Crippen LogP contribution in [-0.4, -0.2) is 17.2 Å². The third-order valence-corrected chi connectivity index (χ3v) is 3.37. The van der Waals surface area contributed by atoms with Gasteiger partial charge in [0.1, 0.15) is 0 Å². The summed E-state index contributed by atoms with van der Waals surface area (Å²) in [5.41, 5.74) is 0. The molecule has 0 saturated carbocycles. The highest BCUT2D eigenvalue weighted by atomic mass is 32.2. The van der Waals surface area contributed by atoms with E-state index in [4.69, 9.17) is 0 Å². The summed E-state index contributed by atoms with van der Waals surface area (Å²) >= 11 is -2.50. The van der Waals surface area contributed by atoms with Crippen molar-refractivity contribution < 1.29 is 17.2 Å². The van der Waals surface area contributed by atoms with E-state index in [0.717, 1.165) is 0 Å². The molecule has 0 saturated heterocycles. The second kappa shape index (κ2) is 4.50. The Hall–Kier alpha value is -0.980. The predicted molar refractivity (Wildman–Crippen MR) is 51.7 cm³/mol. The van der Waals surface area contributed by atoms with Crippen molar-refractivity contribution in [1.29, 1.82) is 0 Å². The Labute approximate surface area is 84.5 Å². The molecule has 1 atom stereocenters. The molecule has 1 unspecified atom stereocenters. The Balaban J connectivity index is 3.05. The molecule has 0 spiro atoms. The first-order valence-corrected chi connectivity index (χ1v) is 6.27. The van der Waals surface area contributed by atoms with E-state index in [-0.39, 0.29) is 4.90 Å². The molecule has 4 nitrogen and oxygen atoms in total. The fraction of sp³-hybridized carbons (Fsp3) is 0. The maximum Gasteiger partial charge on any atom is 0.200 e. The molecule has 0 amide bonds. The van der Waals surface area contributed by atoms with Crippen molar-refractivity contribution in [2.45, 2.75) is 4.90 Å². The summed E-state index contributed by atoms with van der Waals surface area (Å²) < 4.78 is 43.0. The zero-order valence-electron chi connectivity index (χ0n) is 6.99. The van der Waals surface area contributed by atoms with E-state index >= 15 is 0 Å². The lowest BCUT2D eigenvalue weighted by Gasteiger charge is -1.98. The summed E-state index contributed by atoms with van der Waals surface area (Å²) in [6, 6.07) is 7.60. The fourth-order valence-electron chi connectivity index (χ4n) is 0.807. The quantitative estimate of drug-likeness (QED) is 0.721. The van der Waals surface area contributed by atoms with Crippen molar-refractivity contribution in [2.75, 3.05) is 0 Å². The van der Waals surface area contributed by atoms with E-state index < -0.39 is 20.9 Å². The zero-order valence-corrected chi connectivity index (χ0v) is 8.62. The molecule has 0 aliphatic carbocycles. The molecule has 0 aliphatic rings. The van der Waals surface area contributed by atoms with Crippen molar-refractivity contribution in [3.05, 3.63) is 41.1 Å². The third kappa shape index (κ3) is 3.06. The summed E-state index contributed by atoms with van der Waals surface area (Å²) in [4.78, 5) is 0.0710. The van der Waals surface area contributed by atoms with Crippen LogP contribution in [0.4, 0.5) is 0 Å². The molecule has 0 N–H and O–H groups in total. The van der Waals surface area contributed by atoms with Gasteiger partial charge < -0.3 is 4.55 Å². The minimum atomic E-state index is -3.63. The van der Waals surface area contributed by atoms with Crippen LogP contribution >= 0.6 is 0 Å². The van der Waals surface area contributed by atoms with Gasteiger partial charge in [0.15, 0.2) is 9.84 Å². The number of rotatable bonds is 3. The van der Waals surface area contributed by atoms with E-state index in [2.05, 4.69) is 0 Å². The van der Waals surface area contributed by atoms with Gasteiger partial charge in [-0.15, -0.1) is 0 Å². The first-order chi connectivity index (χ1) is 6.52. The summed E-state index contributed by atoms with van der Waals surface area (Å²) in [5.74, 6) is 0. The van der Waals surface area contributed by atoms with Gasteiger partial charge in [0.2, 0.25) is 0 Å². The molecule has 0 fully saturated rings. The number of hydrogen-bond acceptors (Lipinski definition) is 4. The molecule has 6 heteroatoms. The van der Waals surface area contributed by atoms with Crippen molar-refractivity contribution in [3.63, 3.8) is 0 Å². The zero-order chi connectivity index (χ0) is 10.6. The van der Waals surface area contributed by atoms with Crippen LogP contribution in [0, 0.1) is 0 Å². The SMILES string of the molecule is O=S([O-])/C=C/S(=O)(=O)c1ccccc1. The summed E-state index contributed by atoms with van der Waals surface area (Å²) in [6.45, 7) is 0. The van der Waals surface area contributed by atoms with Crippen LogP contribution in [0.1, 0.15) is 0 Å². The molecule has 0 aliphatic heterocycles. The van der Waals surface area contributed by atoms with Gasteiger partial charge in [-0.3, -0.25) is 4.21 Å². The summed E-state index contributed by atoms with van der Waals surface area (Å²) in [7, 11) is -3.63. The minimum Gasteiger partial charge on any atom is -0.769 e. The Bertz CT molecular complexity index is 447. The van der Waals surface area contributed by atoms with E-state index in [9.17, 15) is 17.2 Å². The van der Waals surface area contributed by atoms with E-state index in [1.165, 1.54) is 12.1 Å². The van der Waals surface area contributed by atoms with Gasteiger partial charge in [-0.25, -0.2) is 8.42 Å². The molecule has 14 heavy (non-hydrogen) atoms. The van der Waals surface area contributed by atoms with Crippen LogP contribution in [0.5, 0.6) is 0 Å². The third-order valence-electron chi connectivity index (χ3n) is 1.42. The Morgan fingerprint density at radius 2 is 1.79 bits per heavy atom. The molecule has 0 bridgehead atoms. The predicted octanol–water partition coefficient (Wildman–Crippen LogP) is 0.811. The Morgan fingerprint density at radius 3 is 2.29 bits per heavy atom. The Kier molecular flexibility index (Phi) is 3.56. The normalized spacial score (nSPS) is 14.4. The number of sulfone groups is 1. The molecule has 76 valence electrons. The lowest BCUT2D eigenvalue weighted by molar-refractivity contribution is 0.546. The molecule has 0 radical (unpaired) electrons. The van der Waals surface area contributed by atoms with Crippen molar-refractivity contribution >= 4 is 20.9 Å². The average Bonchev–Trinajstić information content (AvgIpc) is 2.16. The minimum absolute atomic E-state index is 0.0710. The highest BCUT2D eigenvalue weighted by Crippen LogP contribution is 2.10. The smallest absolute Gasteiger partial charge is 0.200 e. The van der Waals surface area contributed by atoms with Crippen molar-refractivity contribution in [3.8, 4) is 0 Å². The maximum absolute atomic E-state index is 11.4. The molecule has 0 heterocycles. The summed E-state index contributed by atoms with van der Waals surface area (Å²) in [5, 5.41) is 1.26. The van der Waals surface area contributed by atoms with Gasteiger partial charge in [0, 0.05) is 10.8 Å². The molecular weight excluding hydrogens is 224 g/mol. The molecular formula is C8H7O4S2-. The molecule has 1 aromatic carbocycles. The van der Waals surface area contributed by atoms with Gasteiger partial charge in [0.25, 0.3) is 0 Å². The van der Waals surface area contributed by atoms with Crippen LogP contribution < -0.4 is 0 Å². The van der Waals surface area contributed by atoms with Crippen LogP contribution in [-0.2, 0) is 20.9 Å². The highest BCUT2D eigenvalue weighted by Gasteiger charge is 2.07. The Morgan fingerprint density at radius 1 is 1.21 bits per heavy atom. The lowest BCUT2D eigenvalue weighted by atomic mass is 10.4. The number of hydrogen-bond donors (Lipinski definition) is 0. The highest BCUT2D eigenvalue weighted by molar-refractivity contribution is 7.95. The molecule has 0 aromatic heterocycles. The van der Waals surface area contributed by atoms with Gasteiger partial charge in [-0.2, -0.15) is 0 Å². The van der Waals surface area contributed by atoms with Gasteiger partial charge >= 0.3 is 0 Å². The largest absolute Gasteiger partial charge is 0.769 e. The van der Waals surface area contributed by atoms with E-state index in [1.54, 1.807) is 18.2 Å². The first-order valence-electron chi connectivity index (χ1n) is 3.59. The second-order valence-corrected chi connectivity index (χ2v) is 5.02. The lowest BCUT2D eigenvalue weighted by Crippen LogP contribution is -1.96. The monoisotopic (exact) mass is 231 g/mol. The van der Waals surface area contributed by atoms with Crippen LogP contribution in [0.25, 0.3) is 0 Å². The van der Waals surface area contributed by atoms with Crippen molar-refractivity contribution in [1.82, 2.24) is 0 Å².